The largest absolute Gasteiger partial charge is 0.325 e. The van der Waals surface area contributed by atoms with E-state index in [2.05, 4.69) is 43.4 Å². The standard InChI is InChI=1S/C22H24N2OS/c1-5-19(22(25)23-17-11-9-14(2)10-12-17)26-20-13-16(4)18-8-6-7-15(3)21(18)24-20/h6-13,19H,5H2,1-4H3,(H,23,25). The van der Waals surface area contributed by atoms with Crippen LogP contribution in [0, 0.1) is 20.8 Å². The Morgan fingerprint density at radius 1 is 1.08 bits per heavy atom. The van der Waals surface area contributed by atoms with Crippen LogP contribution >= 0.6 is 11.8 Å². The molecule has 3 aromatic rings. The van der Waals surface area contributed by atoms with Crippen molar-refractivity contribution < 1.29 is 4.79 Å². The van der Waals surface area contributed by atoms with Crippen LogP contribution in [0.15, 0.2) is 53.6 Å². The van der Waals surface area contributed by atoms with E-state index in [0.29, 0.717) is 0 Å². The van der Waals surface area contributed by atoms with Crippen LogP contribution in [-0.4, -0.2) is 16.1 Å². The lowest BCUT2D eigenvalue weighted by Crippen LogP contribution is -2.24. The van der Waals surface area contributed by atoms with E-state index in [4.69, 9.17) is 4.98 Å². The van der Waals surface area contributed by atoms with Crippen LogP contribution in [-0.2, 0) is 4.79 Å². The van der Waals surface area contributed by atoms with Crippen molar-refractivity contribution in [3.05, 3.63) is 65.2 Å². The maximum atomic E-state index is 12.7. The summed E-state index contributed by atoms with van der Waals surface area (Å²) in [4.78, 5) is 17.5. The topological polar surface area (TPSA) is 42.0 Å². The van der Waals surface area contributed by atoms with Gasteiger partial charge in [-0.15, -0.1) is 0 Å². The molecule has 2 aromatic carbocycles. The zero-order valence-electron chi connectivity index (χ0n) is 15.7. The quantitative estimate of drug-likeness (QED) is 0.593. The number of aryl methyl sites for hydroxylation is 3. The number of anilines is 1. The summed E-state index contributed by atoms with van der Waals surface area (Å²) in [6.45, 7) is 8.24. The van der Waals surface area contributed by atoms with Crippen molar-refractivity contribution in [1.82, 2.24) is 4.98 Å². The van der Waals surface area contributed by atoms with Gasteiger partial charge in [0.25, 0.3) is 0 Å². The number of pyridine rings is 1. The van der Waals surface area contributed by atoms with E-state index in [1.165, 1.54) is 28.3 Å². The zero-order chi connectivity index (χ0) is 18.7. The van der Waals surface area contributed by atoms with Gasteiger partial charge in [-0.1, -0.05) is 54.6 Å². The Morgan fingerprint density at radius 3 is 2.50 bits per heavy atom. The number of rotatable bonds is 5. The maximum absolute atomic E-state index is 12.7. The molecule has 0 radical (unpaired) electrons. The SMILES string of the molecule is CCC(Sc1cc(C)c2cccc(C)c2n1)C(=O)Nc1ccc(C)cc1. The van der Waals surface area contributed by atoms with Gasteiger partial charge >= 0.3 is 0 Å². The highest BCUT2D eigenvalue weighted by molar-refractivity contribution is 8.00. The highest BCUT2D eigenvalue weighted by Crippen LogP contribution is 2.29. The van der Waals surface area contributed by atoms with E-state index in [1.807, 2.05) is 38.1 Å². The van der Waals surface area contributed by atoms with E-state index in [0.717, 1.165) is 28.2 Å². The number of hydrogen-bond acceptors (Lipinski definition) is 3. The number of fused-ring (bicyclic) bond motifs is 1. The van der Waals surface area contributed by atoms with Crippen molar-refractivity contribution in [2.75, 3.05) is 5.32 Å². The van der Waals surface area contributed by atoms with Crippen LogP contribution in [0.25, 0.3) is 10.9 Å². The van der Waals surface area contributed by atoms with E-state index >= 15 is 0 Å². The lowest BCUT2D eigenvalue weighted by molar-refractivity contribution is -0.115. The molecule has 0 saturated carbocycles. The van der Waals surface area contributed by atoms with Crippen molar-refractivity contribution in [2.45, 2.75) is 44.4 Å². The Balaban J connectivity index is 1.81. The fourth-order valence-corrected chi connectivity index (χ4v) is 3.93. The van der Waals surface area contributed by atoms with E-state index < -0.39 is 0 Å². The first-order valence-corrected chi connectivity index (χ1v) is 9.77. The number of aromatic nitrogens is 1. The monoisotopic (exact) mass is 364 g/mol. The molecule has 3 rings (SSSR count). The Labute approximate surface area is 159 Å². The minimum Gasteiger partial charge on any atom is -0.325 e. The summed E-state index contributed by atoms with van der Waals surface area (Å²) < 4.78 is 0. The predicted molar refractivity (Wildman–Crippen MR) is 111 cm³/mol. The molecule has 1 aromatic heterocycles. The predicted octanol–water partition coefficient (Wildman–Crippen LogP) is 5.67. The molecular formula is C22H24N2OS. The summed E-state index contributed by atoms with van der Waals surface area (Å²) in [6.07, 6.45) is 0.745. The number of carbonyl (C=O) groups is 1. The second-order valence-electron chi connectivity index (χ2n) is 6.62. The molecule has 1 heterocycles. The van der Waals surface area contributed by atoms with E-state index in [-0.39, 0.29) is 11.2 Å². The van der Waals surface area contributed by atoms with Crippen molar-refractivity contribution in [1.29, 1.82) is 0 Å². The summed E-state index contributed by atoms with van der Waals surface area (Å²) in [7, 11) is 0. The molecule has 0 fully saturated rings. The molecule has 3 nitrogen and oxygen atoms in total. The number of nitrogens with one attached hydrogen (secondary N) is 1. The van der Waals surface area contributed by atoms with Gasteiger partial charge in [-0.25, -0.2) is 4.98 Å². The van der Waals surface area contributed by atoms with Crippen LogP contribution in [0.4, 0.5) is 5.69 Å². The van der Waals surface area contributed by atoms with Crippen LogP contribution < -0.4 is 5.32 Å². The molecule has 4 heteroatoms. The van der Waals surface area contributed by atoms with Crippen molar-refractivity contribution in [3.8, 4) is 0 Å². The molecule has 1 unspecified atom stereocenters. The smallest absolute Gasteiger partial charge is 0.237 e. The normalized spacial score (nSPS) is 12.2. The molecule has 1 amide bonds. The number of amides is 1. The van der Waals surface area contributed by atoms with Gasteiger partial charge in [-0.05, 0) is 56.5 Å². The zero-order valence-corrected chi connectivity index (χ0v) is 16.5. The highest BCUT2D eigenvalue weighted by Gasteiger charge is 2.19. The molecule has 1 N–H and O–H groups in total. The van der Waals surface area contributed by atoms with Gasteiger partial charge in [-0.2, -0.15) is 0 Å². The Bertz CT molecular complexity index is 935. The van der Waals surface area contributed by atoms with E-state index in [1.54, 1.807) is 0 Å². The molecule has 0 aliphatic rings. The third-order valence-electron chi connectivity index (χ3n) is 4.47. The highest BCUT2D eigenvalue weighted by atomic mass is 32.2. The molecule has 26 heavy (non-hydrogen) atoms. The first-order chi connectivity index (χ1) is 12.5. The number of carbonyl (C=O) groups excluding carboxylic acids is 1. The van der Waals surface area contributed by atoms with Gasteiger partial charge in [-0.3, -0.25) is 4.79 Å². The molecule has 134 valence electrons. The van der Waals surface area contributed by atoms with Crippen molar-refractivity contribution in [3.63, 3.8) is 0 Å². The molecule has 1 atom stereocenters. The molecule has 0 aliphatic heterocycles. The lowest BCUT2D eigenvalue weighted by Gasteiger charge is -2.15. The minimum atomic E-state index is -0.176. The molecular weight excluding hydrogens is 340 g/mol. The summed E-state index contributed by atoms with van der Waals surface area (Å²) in [5.74, 6) is 0.0192. The summed E-state index contributed by atoms with van der Waals surface area (Å²) in [5, 5.41) is 4.91. The second kappa shape index (κ2) is 7.92. The minimum absolute atomic E-state index is 0.0192. The second-order valence-corrected chi connectivity index (χ2v) is 7.84. The van der Waals surface area contributed by atoms with Crippen molar-refractivity contribution >= 4 is 34.3 Å². The maximum Gasteiger partial charge on any atom is 0.237 e. The number of hydrogen-bond donors (Lipinski definition) is 1. The fraction of sp³-hybridized carbons (Fsp3) is 0.273. The first-order valence-electron chi connectivity index (χ1n) is 8.89. The summed E-state index contributed by atoms with van der Waals surface area (Å²) in [6, 6.07) is 16.2. The van der Waals surface area contributed by atoms with E-state index in [9.17, 15) is 4.79 Å². The van der Waals surface area contributed by atoms with Gasteiger partial charge in [0.1, 0.15) is 0 Å². The fourth-order valence-electron chi connectivity index (χ4n) is 2.92. The first kappa shape index (κ1) is 18.5. The molecule has 0 saturated heterocycles. The third kappa shape index (κ3) is 4.07. The average molecular weight is 365 g/mol. The Kier molecular flexibility index (Phi) is 5.62. The Morgan fingerprint density at radius 2 is 1.81 bits per heavy atom. The number of thioether (sulfide) groups is 1. The van der Waals surface area contributed by atoms with Crippen LogP contribution in [0.1, 0.15) is 30.0 Å². The van der Waals surface area contributed by atoms with Crippen molar-refractivity contribution in [2.24, 2.45) is 0 Å². The van der Waals surface area contributed by atoms with Crippen LogP contribution in [0.2, 0.25) is 0 Å². The van der Waals surface area contributed by atoms with Crippen LogP contribution in [0.3, 0.4) is 0 Å². The molecule has 0 spiro atoms. The number of benzene rings is 2. The van der Waals surface area contributed by atoms with Gasteiger partial charge in [0.15, 0.2) is 0 Å². The van der Waals surface area contributed by atoms with Gasteiger partial charge in [0.05, 0.1) is 15.8 Å². The third-order valence-corrected chi connectivity index (χ3v) is 5.75. The summed E-state index contributed by atoms with van der Waals surface area (Å²) in [5.41, 5.74) is 5.37. The van der Waals surface area contributed by atoms with Gasteiger partial charge in [0.2, 0.25) is 5.91 Å². The lowest BCUT2D eigenvalue weighted by atomic mass is 10.1. The number of para-hydroxylation sites is 1. The number of nitrogens with zero attached hydrogens (tertiary/aromatic N) is 1. The summed E-state index contributed by atoms with van der Waals surface area (Å²) >= 11 is 1.53. The van der Waals surface area contributed by atoms with Crippen LogP contribution in [0.5, 0.6) is 0 Å². The van der Waals surface area contributed by atoms with Gasteiger partial charge in [0, 0.05) is 11.1 Å². The molecule has 0 bridgehead atoms. The Hall–Kier alpha value is -2.33. The molecule has 0 aliphatic carbocycles. The average Bonchev–Trinajstić information content (AvgIpc) is 2.62. The van der Waals surface area contributed by atoms with Gasteiger partial charge < -0.3 is 5.32 Å².